The molecule has 0 aliphatic heterocycles. The maximum Gasteiger partial charge on any atom is 0.389 e. The van der Waals surface area contributed by atoms with Gasteiger partial charge in [-0.2, -0.15) is 13.2 Å². The predicted octanol–water partition coefficient (Wildman–Crippen LogP) is 2.49. The zero-order chi connectivity index (χ0) is 8.70. The highest BCUT2D eigenvalue weighted by Gasteiger charge is 2.46. The summed E-state index contributed by atoms with van der Waals surface area (Å²) in [5.74, 6) is 0. The van der Waals surface area contributed by atoms with Crippen molar-refractivity contribution in [2.45, 2.75) is 38.4 Å². The second-order valence-electron chi connectivity index (χ2n) is 3.77. The second kappa shape index (κ2) is 3.42. The Labute approximate surface area is 75.9 Å². The van der Waals surface area contributed by atoms with Gasteiger partial charge in [0.05, 0.1) is 0 Å². The van der Waals surface area contributed by atoms with E-state index in [1.165, 1.54) is 0 Å². The summed E-state index contributed by atoms with van der Waals surface area (Å²) in [5.41, 5.74) is 4.83. The third kappa shape index (κ3) is 3.19. The average Bonchev–Trinajstić information content (AvgIpc) is 1.53. The lowest BCUT2D eigenvalue weighted by molar-refractivity contribution is -0.168. The van der Waals surface area contributed by atoms with Crippen LogP contribution in [0.2, 0.25) is 0 Å². The molecule has 1 rings (SSSR count). The molecular formula is C7H13ClF3N. The lowest BCUT2D eigenvalue weighted by atomic mass is 9.65. The summed E-state index contributed by atoms with van der Waals surface area (Å²) in [6.07, 6.45) is -3.71. The summed E-state index contributed by atoms with van der Waals surface area (Å²) >= 11 is 0. The van der Waals surface area contributed by atoms with Crippen molar-refractivity contribution < 1.29 is 13.2 Å². The van der Waals surface area contributed by atoms with Gasteiger partial charge in [0.1, 0.15) is 0 Å². The third-order valence-corrected chi connectivity index (χ3v) is 2.14. The van der Waals surface area contributed by atoms with E-state index in [1.54, 1.807) is 6.92 Å². The number of rotatable bonds is 1. The fourth-order valence-electron chi connectivity index (χ4n) is 1.83. The lowest BCUT2D eigenvalue weighted by Gasteiger charge is -2.43. The Morgan fingerprint density at radius 2 is 1.83 bits per heavy atom. The van der Waals surface area contributed by atoms with E-state index >= 15 is 0 Å². The fourth-order valence-corrected chi connectivity index (χ4v) is 1.83. The van der Waals surface area contributed by atoms with Gasteiger partial charge in [0.25, 0.3) is 0 Å². The van der Waals surface area contributed by atoms with Crippen molar-refractivity contribution in [3.63, 3.8) is 0 Å². The highest BCUT2D eigenvalue weighted by Crippen LogP contribution is 2.47. The highest BCUT2D eigenvalue weighted by atomic mass is 35.5. The molecule has 0 heterocycles. The van der Waals surface area contributed by atoms with Crippen LogP contribution in [-0.4, -0.2) is 12.2 Å². The van der Waals surface area contributed by atoms with E-state index in [-0.39, 0.29) is 18.4 Å². The normalized spacial score (nSPS) is 35.2. The van der Waals surface area contributed by atoms with Crippen LogP contribution in [0.4, 0.5) is 13.2 Å². The molecule has 0 aromatic carbocycles. The van der Waals surface area contributed by atoms with Crippen LogP contribution in [-0.2, 0) is 0 Å². The molecular weight excluding hydrogens is 191 g/mol. The van der Waals surface area contributed by atoms with Crippen molar-refractivity contribution in [3.05, 3.63) is 0 Å². The Morgan fingerprint density at radius 3 is 2.08 bits per heavy atom. The summed E-state index contributed by atoms with van der Waals surface area (Å²) in [6, 6.07) is -0.0117. The molecule has 0 radical (unpaired) electrons. The number of hydrogen-bond acceptors (Lipinski definition) is 1. The molecule has 5 heteroatoms. The van der Waals surface area contributed by atoms with E-state index < -0.39 is 18.0 Å². The quantitative estimate of drug-likeness (QED) is 0.696. The van der Waals surface area contributed by atoms with E-state index in [0.29, 0.717) is 12.8 Å². The fraction of sp³-hybridized carbons (Fsp3) is 1.00. The standard InChI is InChI=1S/C7H12F3N.ClH/c1-6(2-5(11)3-6)4-7(8,9)10;/h5H,2-4,11H2,1H3;1H. The zero-order valence-corrected chi connectivity index (χ0v) is 7.63. The van der Waals surface area contributed by atoms with Crippen LogP contribution in [0.25, 0.3) is 0 Å². The monoisotopic (exact) mass is 203 g/mol. The summed E-state index contributed by atoms with van der Waals surface area (Å²) < 4.78 is 35.6. The van der Waals surface area contributed by atoms with Crippen molar-refractivity contribution in [2.75, 3.05) is 0 Å². The van der Waals surface area contributed by atoms with Gasteiger partial charge in [-0.3, -0.25) is 0 Å². The first-order valence-corrected chi connectivity index (χ1v) is 3.63. The number of nitrogens with two attached hydrogens (primary N) is 1. The van der Waals surface area contributed by atoms with Crippen LogP contribution in [0, 0.1) is 5.41 Å². The predicted molar refractivity (Wildman–Crippen MR) is 43.2 cm³/mol. The molecule has 0 spiro atoms. The Kier molecular flexibility index (Phi) is 3.43. The molecule has 1 fully saturated rings. The minimum Gasteiger partial charge on any atom is -0.328 e. The summed E-state index contributed by atoms with van der Waals surface area (Å²) in [7, 11) is 0. The Balaban J connectivity index is 0.00000121. The number of alkyl halides is 3. The van der Waals surface area contributed by atoms with E-state index in [9.17, 15) is 13.2 Å². The highest BCUT2D eigenvalue weighted by molar-refractivity contribution is 5.85. The molecule has 0 amide bonds. The van der Waals surface area contributed by atoms with Crippen LogP contribution >= 0.6 is 12.4 Å². The molecule has 12 heavy (non-hydrogen) atoms. The van der Waals surface area contributed by atoms with Gasteiger partial charge in [-0.25, -0.2) is 0 Å². The van der Waals surface area contributed by atoms with Gasteiger partial charge >= 0.3 is 6.18 Å². The van der Waals surface area contributed by atoms with Crippen LogP contribution in [0.1, 0.15) is 26.2 Å². The van der Waals surface area contributed by atoms with Crippen molar-refractivity contribution in [1.29, 1.82) is 0 Å². The topological polar surface area (TPSA) is 26.0 Å². The summed E-state index contributed by atoms with van der Waals surface area (Å²) in [6.45, 7) is 1.64. The third-order valence-electron chi connectivity index (χ3n) is 2.14. The van der Waals surface area contributed by atoms with Gasteiger partial charge in [0.15, 0.2) is 0 Å². The zero-order valence-electron chi connectivity index (χ0n) is 6.82. The average molecular weight is 204 g/mol. The Bertz CT molecular complexity index is 151. The van der Waals surface area contributed by atoms with Gasteiger partial charge in [0.2, 0.25) is 0 Å². The largest absolute Gasteiger partial charge is 0.389 e. The van der Waals surface area contributed by atoms with Crippen LogP contribution in [0.15, 0.2) is 0 Å². The van der Waals surface area contributed by atoms with Crippen LogP contribution < -0.4 is 5.73 Å². The SMILES string of the molecule is CC1(CC(F)(F)F)CC(N)C1.Cl. The van der Waals surface area contributed by atoms with Gasteiger partial charge in [-0.05, 0) is 18.3 Å². The molecule has 1 nitrogen and oxygen atoms in total. The minimum atomic E-state index is -4.03. The van der Waals surface area contributed by atoms with E-state index in [4.69, 9.17) is 5.73 Å². The van der Waals surface area contributed by atoms with Gasteiger partial charge in [-0.1, -0.05) is 6.92 Å². The van der Waals surface area contributed by atoms with Crippen LogP contribution in [0.3, 0.4) is 0 Å². The summed E-state index contributed by atoms with van der Waals surface area (Å²) in [5, 5.41) is 0. The van der Waals surface area contributed by atoms with Crippen molar-refractivity contribution >= 4 is 12.4 Å². The molecule has 0 bridgehead atoms. The van der Waals surface area contributed by atoms with Crippen molar-refractivity contribution in [1.82, 2.24) is 0 Å². The number of hydrogen-bond donors (Lipinski definition) is 1. The lowest BCUT2D eigenvalue weighted by Crippen LogP contribution is -2.46. The summed E-state index contributed by atoms with van der Waals surface area (Å²) in [4.78, 5) is 0. The molecule has 1 aliphatic rings. The van der Waals surface area contributed by atoms with E-state index in [0.717, 1.165) is 0 Å². The molecule has 1 aliphatic carbocycles. The van der Waals surface area contributed by atoms with Gasteiger partial charge < -0.3 is 5.73 Å². The first kappa shape index (κ1) is 12.0. The first-order chi connectivity index (χ1) is 4.81. The molecule has 0 aromatic heterocycles. The Hall–Kier alpha value is 0.0400. The maximum absolute atomic E-state index is 11.9. The first-order valence-electron chi connectivity index (χ1n) is 3.63. The molecule has 0 saturated heterocycles. The molecule has 0 unspecified atom stereocenters. The van der Waals surface area contributed by atoms with E-state index in [1.807, 2.05) is 0 Å². The maximum atomic E-state index is 11.9. The number of halogens is 4. The van der Waals surface area contributed by atoms with Crippen molar-refractivity contribution in [2.24, 2.45) is 11.1 Å². The van der Waals surface area contributed by atoms with E-state index in [2.05, 4.69) is 0 Å². The Morgan fingerprint density at radius 1 is 1.42 bits per heavy atom. The molecule has 2 N–H and O–H groups in total. The van der Waals surface area contributed by atoms with Gasteiger partial charge in [-0.15, -0.1) is 12.4 Å². The molecule has 0 atom stereocenters. The molecule has 0 aromatic rings. The van der Waals surface area contributed by atoms with Gasteiger partial charge in [0, 0.05) is 12.5 Å². The smallest absolute Gasteiger partial charge is 0.328 e. The van der Waals surface area contributed by atoms with Crippen LogP contribution in [0.5, 0.6) is 0 Å². The van der Waals surface area contributed by atoms with Crippen molar-refractivity contribution in [3.8, 4) is 0 Å². The second-order valence-corrected chi connectivity index (χ2v) is 3.77. The molecule has 74 valence electrons. The molecule has 1 saturated carbocycles. The minimum absolute atomic E-state index is 0.